The molecule has 0 amide bonds. The van der Waals surface area contributed by atoms with E-state index < -0.39 is 0 Å². The summed E-state index contributed by atoms with van der Waals surface area (Å²) in [6.45, 7) is 0. The van der Waals surface area contributed by atoms with Gasteiger partial charge in [0.15, 0.2) is 5.78 Å². The van der Waals surface area contributed by atoms with Crippen LogP contribution in [0.15, 0.2) is 16.6 Å². The molecular weight excluding hydrogens is 434 g/mol. The van der Waals surface area contributed by atoms with Gasteiger partial charge < -0.3 is 0 Å². The number of ketones is 1. The fourth-order valence-electron chi connectivity index (χ4n) is 0.813. The maximum absolute atomic E-state index is 11.4. The zero-order valence-electron chi connectivity index (χ0n) is 6.28. The Balaban J connectivity index is 3.26. The Morgan fingerprint density at radius 2 is 2.15 bits per heavy atom. The third-order valence-corrected chi connectivity index (χ3v) is 4.69. The minimum Gasteiger partial charge on any atom is -0.293 e. The van der Waals surface area contributed by atoms with Crippen LogP contribution in [-0.2, 0) is 0 Å². The van der Waals surface area contributed by atoms with Gasteiger partial charge in [-0.05, 0) is 50.7 Å². The fourth-order valence-corrected chi connectivity index (χ4v) is 2.75. The number of Topliss-reactive ketones (excluding diaryl/α,β-unsaturated/α-hetero) is 1. The van der Waals surface area contributed by atoms with Crippen molar-refractivity contribution in [2.75, 3.05) is 5.33 Å². The summed E-state index contributed by atoms with van der Waals surface area (Å²) in [5.41, 5.74) is 0.658. The summed E-state index contributed by atoms with van der Waals surface area (Å²) in [7, 11) is 0. The van der Waals surface area contributed by atoms with E-state index in [1.807, 2.05) is 0 Å². The average Bonchev–Trinajstić information content (AvgIpc) is 2.13. The smallest absolute Gasteiger partial charge is 0.174 e. The minimum atomic E-state index is 0.0406. The molecule has 0 atom stereocenters. The number of hydrogen-bond donors (Lipinski definition) is 0. The van der Waals surface area contributed by atoms with Gasteiger partial charge in [-0.15, -0.1) is 0 Å². The molecule has 1 nitrogen and oxygen atoms in total. The Morgan fingerprint density at radius 3 is 2.69 bits per heavy atom. The van der Waals surface area contributed by atoms with Crippen molar-refractivity contribution in [1.82, 2.24) is 0 Å². The highest BCUT2D eigenvalue weighted by Gasteiger charge is 2.12. The molecule has 0 spiro atoms. The summed E-state index contributed by atoms with van der Waals surface area (Å²) in [6.07, 6.45) is 0. The lowest BCUT2D eigenvalue weighted by Gasteiger charge is -2.04. The number of carbonyl (C=O) groups is 1. The highest BCUT2D eigenvalue weighted by atomic mass is 127. The van der Waals surface area contributed by atoms with Gasteiger partial charge in [-0.1, -0.05) is 27.5 Å². The van der Waals surface area contributed by atoms with Crippen molar-refractivity contribution in [3.05, 3.63) is 30.8 Å². The highest BCUT2D eigenvalue weighted by Crippen LogP contribution is 2.30. The molecule has 0 saturated carbocycles. The van der Waals surface area contributed by atoms with Gasteiger partial charge in [0.25, 0.3) is 0 Å². The van der Waals surface area contributed by atoms with Crippen LogP contribution in [0, 0.1) is 3.57 Å². The molecule has 0 aliphatic rings. The number of halogens is 4. The lowest BCUT2D eigenvalue weighted by molar-refractivity contribution is 0.102. The van der Waals surface area contributed by atoms with Crippen molar-refractivity contribution < 1.29 is 4.79 Å². The van der Waals surface area contributed by atoms with E-state index >= 15 is 0 Å². The maximum Gasteiger partial charge on any atom is 0.174 e. The molecular formula is C8H4Br2ClIO. The van der Waals surface area contributed by atoms with Crippen molar-refractivity contribution in [2.24, 2.45) is 0 Å². The fraction of sp³-hybridized carbons (Fsp3) is 0.125. The van der Waals surface area contributed by atoms with E-state index in [2.05, 4.69) is 54.5 Å². The van der Waals surface area contributed by atoms with E-state index in [0.717, 1.165) is 8.04 Å². The SMILES string of the molecule is O=C(CBr)c1ccc(Br)c(Cl)c1I. The molecule has 0 heterocycles. The van der Waals surface area contributed by atoms with Crippen LogP contribution in [-0.4, -0.2) is 11.1 Å². The summed E-state index contributed by atoms with van der Waals surface area (Å²) in [4.78, 5) is 11.4. The topological polar surface area (TPSA) is 17.1 Å². The Hall–Kier alpha value is 0.870. The van der Waals surface area contributed by atoms with Gasteiger partial charge in [-0.2, -0.15) is 0 Å². The first-order valence-corrected chi connectivity index (χ1v) is 6.67. The van der Waals surface area contributed by atoms with Crippen molar-refractivity contribution >= 4 is 71.8 Å². The summed E-state index contributed by atoms with van der Waals surface area (Å²) < 4.78 is 1.60. The van der Waals surface area contributed by atoms with Crippen molar-refractivity contribution in [1.29, 1.82) is 0 Å². The van der Waals surface area contributed by atoms with Crippen molar-refractivity contribution in [2.45, 2.75) is 0 Å². The van der Waals surface area contributed by atoms with Gasteiger partial charge >= 0.3 is 0 Å². The van der Waals surface area contributed by atoms with Crippen molar-refractivity contribution in [3.8, 4) is 0 Å². The predicted octanol–water partition coefficient (Wildman–Crippen LogP) is 4.28. The molecule has 0 unspecified atom stereocenters. The number of hydrogen-bond acceptors (Lipinski definition) is 1. The predicted molar refractivity (Wildman–Crippen MR) is 70.0 cm³/mol. The summed E-state index contributed by atoms with van der Waals surface area (Å²) in [5, 5.41) is 0.911. The average molecular weight is 438 g/mol. The molecule has 1 aromatic carbocycles. The Morgan fingerprint density at radius 1 is 1.54 bits per heavy atom. The van der Waals surface area contributed by atoms with Crippen LogP contribution in [0.5, 0.6) is 0 Å². The molecule has 70 valence electrons. The van der Waals surface area contributed by atoms with Crippen LogP contribution in [0.4, 0.5) is 0 Å². The lowest BCUT2D eigenvalue weighted by atomic mass is 10.1. The van der Waals surface area contributed by atoms with Crippen molar-refractivity contribution in [3.63, 3.8) is 0 Å². The molecule has 0 bridgehead atoms. The highest BCUT2D eigenvalue weighted by molar-refractivity contribution is 14.1. The van der Waals surface area contributed by atoms with E-state index in [0.29, 0.717) is 15.9 Å². The van der Waals surface area contributed by atoms with Crippen LogP contribution in [0.3, 0.4) is 0 Å². The van der Waals surface area contributed by atoms with Gasteiger partial charge in [0, 0.05) is 13.6 Å². The van der Waals surface area contributed by atoms with E-state index in [4.69, 9.17) is 11.6 Å². The van der Waals surface area contributed by atoms with Crippen LogP contribution in [0.1, 0.15) is 10.4 Å². The Kier molecular flexibility index (Phi) is 4.68. The molecule has 0 aliphatic heterocycles. The summed E-state index contributed by atoms with van der Waals surface area (Å²) in [6, 6.07) is 3.54. The van der Waals surface area contributed by atoms with E-state index in [-0.39, 0.29) is 5.78 Å². The molecule has 0 radical (unpaired) electrons. The number of rotatable bonds is 2. The molecule has 0 N–H and O–H groups in total. The van der Waals surface area contributed by atoms with Crippen LogP contribution in [0.25, 0.3) is 0 Å². The molecule has 0 fully saturated rings. The second-order valence-electron chi connectivity index (χ2n) is 2.28. The first-order valence-electron chi connectivity index (χ1n) is 3.30. The lowest BCUT2D eigenvalue weighted by Crippen LogP contribution is -2.03. The molecule has 0 aromatic heterocycles. The largest absolute Gasteiger partial charge is 0.293 e. The second kappa shape index (κ2) is 5.09. The normalized spacial score (nSPS) is 10.2. The van der Waals surface area contributed by atoms with Gasteiger partial charge in [0.05, 0.1) is 10.4 Å². The second-order valence-corrected chi connectivity index (χ2v) is 5.15. The zero-order valence-corrected chi connectivity index (χ0v) is 12.4. The van der Waals surface area contributed by atoms with Gasteiger partial charge in [0.2, 0.25) is 0 Å². The summed E-state index contributed by atoms with van der Waals surface area (Å²) >= 11 is 14.4. The minimum absolute atomic E-state index is 0.0406. The molecule has 13 heavy (non-hydrogen) atoms. The van der Waals surface area contributed by atoms with Crippen LogP contribution in [0.2, 0.25) is 5.02 Å². The maximum atomic E-state index is 11.4. The number of carbonyl (C=O) groups excluding carboxylic acids is 1. The monoisotopic (exact) mass is 436 g/mol. The standard InChI is InChI=1S/C8H4Br2ClIO/c9-3-6(13)4-1-2-5(10)7(11)8(4)12/h1-2H,3H2. The van der Waals surface area contributed by atoms with Gasteiger partial charge in [0.1, 0.15) is 0 Å². The van der Waals surface area contributed by atoms with Crippen LogP contribution >= 0.6 is 66.1 Å². The summed E-state index contributed by atoms with van der Waals surface area (Å²) in [5.74, 6) is 0.0406. The first kappa shape index (κ1) is 11.9. The van der Waals surface area contributed by atoms with Gasteiger partial charge in [-0.25, -0.2) is 0 Å². The van der Waals surface area contributed by atoms with Gasteiger partial charge in [-0.3, -0.25) is 4.79 Å². The number of benzene rings is 1. The molecule has 5 heteroatoms. The van der Waals surface area contributed by atoms with E-state index in [1.54, 1.807) is 12.1 Å². The Bertz CT molecular complexity index is 354. The zero-order chi connectivity index (χ0) is 10.0. The molecule has 1 aromatic rings. The molecule has 0 aliphatic carbocycles. The Labute approximate surface area is 112 Å². The third-order valence-electron chi connectivity index (χ3n) is 1.46. The van der Waals surface area contributed by atoms with E-state index in [1.165, 1.54) is 0 Å². The van der Waals surface area contributed by atoms with E-state index in [9.17, 15) is 4.79 Å². The number of alkyl halides is 1. The van der Waals surface area contributed by atoms with Crippen LogP contribution < -0.4 is 0 Å². The quantitative estimate of drug-likeness (QED) is 0.292. The molecule has 1 rings (SSSR count). The third kappa shape index (κ3) is 2.67. The molecule has 0 saturated heterocycles. The first-order chi connectivity index (χ1) is 6.07.